The highest BCUT2D eigenvalue weighted by atomic mass is 16.3. The Balaban J connectivity index is 3.54. The first-order chi connectivity index (χ1) is 7.60. The number of hydrogen-bond acceptors (Lipinski definition) is 4. The highest BCUT2D eigenvalue weighted by molar-refractivity contribution is 5.77. The SMILES string of the molecule is CCCCCC(=O)NCC(O)CC(=O)NN. The Morgan fingerprint density at radius 1 is 1.31 bits per heavy atom. The second-order valence-corrected chi connectivity index (χ2v) is 3.69. The number of hydrogen-bond donors (Lipinski definition) is 4. The molecule has 0 aliphatic carbocycles. The van der Waals surface area contributed by atoms with E-state index in [4.69, 9.17) is 5.84 Å². The van der Waals surface area contributed by atoms with E-state index in [-0.39, 0.29) is 18.9 Å². The summed E-state index contributed by atoms with van der Waals surface area (Å²) in [4.78, 5) is 22.0. The van der Waals surface area contributed by atoms with Gasteiger partial charge in [0.25, 0.3) is 0 Å². The van der Waals surface area contributed by atoms with Crippen LogP contribution in [0.5, 0.6) is 0 Å². The Morgan fingerprint density at radius 3 is 2.56 bits per heavy atom. The fourth-order valence-corrected chi connectivity index (χ4v) is 1.20. The van der Waals surface area contributed by atoms with Crippen LogP contribution < -0.4 is 16.6 Å². The van der Waals surface area contributed by atoms with Gasteiger partial charge in [0, 0.05) is 13.0 Å². The van der Waals surface area contributed by atoms with E-state index < -0.39 is 12.0 Å². The molecular weight excluding hydrogens is 210 g/mol. The van der Waals surface area contributed by atoms with Gasteiger partial charge in [-0.2, -0.15) is 0 Å². The molecule has 0 fully saturated rings. The minimum absolute atomic E-state index is 0.0817. The molecular formula is C10H21N3O3. The minimum atomic E-state index is -0.890. The normalized spacial score (nSPS) is 11.9. The Hall–Kier alpha value is -1.14. The van der Waals surface area contributed by atoms with Crippen LogP contribution in [0.3, 0.4) is 0 Å². The van der Waals surface area contributed by atoms with E-state index in [1.54, 1.807) is 0 Å². The largest absolute Gasteiger partial charge is 0.391 e. The van der Waals surface area contributed by atoms with Crippen LogP contribution >= 0.6 is 0 Å². The van der Waals surface area contributed by atoms with Gasteiger partial charge in [-0.1, -0.05) is 19.8 Å². The number of aliphatic hydroxyl groups excluding tert-OH is 1. The fourth-order valence-electron chi connectivity index (χ4n) is 1.20. The third kappa shape index (κ3) is 8.19. The first-order valence-corrected chi connectivity index (χ1v) is 5.54. The number of carbonyl (C=O) groups excluding carboxylic acids is 2. The Labute approximate surface area is 95.6 Å². The zero-order chi connectivity index (χ0) is 12.4. The van der Waals surface area contributed by atoms with Crippen LogP contribution in [-0.4, -0.2) is 29.6 Å². The third-order valence-electron chi connectivity index (χ3n) is 2.12. The molecule has 5 N–H and O–H groups in total. The van der Waals surface area contributed by atoms with Crippen molar-refractivity contribution in [2.45, 2.75) is 45.1 Å². The smallest absolute Gasteiger partial charge is 0.236 e. The molecule has 94 valence electrons. The highest BCUT2D eigenvalue weighted by Gasteiger charge is 2.10. The molecule has 2 amide bonds. The summed E-state index contributed by atoms with van der Waals surface area (Å²) >= 11 is 0. The summed E-state index contributed by atoms with van der Waals surface area (Å²) in [5, 5.41) is 11.9. The second-order valence-electron chi connectivity index (χ2n) is 3.69. The molecule has 0 heterocycles. The van der Waals surface area contributed by atoms with E-state index in [2.05, 4.69) is 12.2 Å². The number of carbonyl (C=O) groups is 2. The summed E-state index contributed by atoms with van der Waals surface area (Å²) in [6.45, 7) is 2.14. The van der Waals surface area contributed by atoms with Crippen molar-refractivity contribution >= 4 is 11.8 Å². The first kappa shape index (κ1) is 14.9. The molecule has 1 atom stereocenters. The summed E-state index contributed by atoms with van der Waals surface area (Å²) in [5.74, 6) is 4.31. The van der Waals surface area contributed by atoms with Crippen LogP contribution in [0, 0.1) is 0 Å². The maximum absolute atomic E-state index is 11.2. The Morgan fingerprint density at radius 2 is 2.00 bits per heavy atom. The maximum Gasteiger partial charge on any atom is 0.236 e. The first-order valence-electron chi connectivity index (χ1n) is 5.54. The van der Waals surface area contributed by atoms with Gasteiger partial charge >= 0.3 is 0 Å². The van der Waals surface area contributed by atoms with Crippen molar-refractivity contribution in [3.8, 4) is 0 Å². The molecule has 0 aliphatic rings. The van der Waals surface area contributed by atoms with Crippen LogP contribution in [-0.2, 0) is 9.59 Å². The van der Waals surface area contributed by atoms with Crippen LogP contribution in [0.2, 0.25) is 0 Å². The van der Waals surface area contributed by atoms with Crippen molar-refractivity contribution in [1.29, 1.82) is 0 Å². The molecule has 0 bridgehead atoms. The summed E-state index contributed by atoms with van der Waals surface area (Å²) in [6.07, 6.45) is 2.40. The van der Waals surface area contributed by atoms with Gasteiger partial charge in [-0.15, -0.1) is 0 Å². The van der Waals surface area contributed by atoms with Crippen LogP contribution in [0.4, 0.5) is 0 Å². The van der Waals surface area contributed by atoms with E-state index >= 15 is 0 Å². The van der Waals surface area contributed by atoms with Crippen molar-refractivity contribution in [2.24, 2.45) is 5.84 Å². The standard InChI is InChI=1S/C10H21N3O3/c1-2-3-4-5-9(15)12-7-8(14)6-10(16)13-11/h8,14H,2-7,11H2,1H3,(H,12,15)(H,13,16). The molecule has 0 aromatic carbocycles. The van der Waals surface area contributed by atoms with Gasteiger partial charge in [-0.05, 0) is 6.42 Å². The summed E-state index contributed by atoms with van der Waals surface area (Å²) in [6, 6.07) is 0. The third-order valence-corrected chi connectivity index (χ3v) is 2.12. The Kier molecular flexibility index (Phi) is 8.46. The van der Waals surface area contributed by atoms with Crippen molar-refractivity contribution in [3.05, 3.63) is 0 Å². The zero-order valence-electron chi connectivity index (χ0n) is 9.66. The summed E-state index contributed by atoms with van der Waals surface area (Å²) < 4.78 is 0. The molecule has 16 heavy (non-hydrogen) atoms. The van der Waals surface area contributed by atoms with Gasteiger partial charge in [-0.3, -0.25) is 15.0 Å². The molecule has 6 nitrogen and oxygen atoms in total. The number of rotatable bonds is 8. The minimum Gasteiger partial charge on any atom is -0.391 e. The van der Waals surface area contributed by atoms with Crippen LogP contribution in [0.15, 0.2) is 0 Å². The van der Waals surface area contributed by atoms with E-state index in [1.165, 1.54) is 0 Å². The quantitative estimate of drug-likeness (QED) is 0.194. The number of hydrazine groups is 1. The van der Waals surface area contributed by atoms with Crippen LogP contribution in [0.25, 0.3) is 0 Å². The monoisotopic (exact) mass is 231 g/mol. The molecule has 0 aromatic rings. The Bertz CT molecular complexity index is 221. The van der Waals surface area contributed by atoms with E-state index in [1.807, 2.05) is 5.43 Å². The lowest BCUT2D eigenvalue weighted by Crippen LogP contribution is -2.37. The maximum atomic E-state index is 11.2. The number of aliphatic hydroxyl groups is 1. The van der Waals surface area contributed by atoms with Gasteiger partial charge in [0.15, 0.2) is 0 Å². The van der Waals surface area contributed by atoms with Gasteiger partial charge < -0.3 is 10.4 Å². The van der Waals surface area contributed by atoms with Gasteiger partial charge in [0.2, 0.25) is 11.8 Å². The number of amides is 2. The highest BCUT2D eigenvalue weighted by Crippen LogP contribution is 1.98. The van der Waals surface area contributed by atoms with Crippen molar-refractivity contribution in [2.75, 3.05) is 6.54 Å². The molecule has 0 saturated heterocycles. The number of nitrogens with two attached hydrogens (primary N) is 1. The van der Waals surface area contributed by atoms with E-state index in [0.29, 0.717) is 6.42 Å². The molecule has 0 saturated carbocycles. The molecule has 0 aliphatic heterocycles. The van der Waals surface area contributed by atoms with Crippen molar-refractivity contribution < 1.29 is 14.7 Å². The molecule has 1 unspecified atom stereocenters. The van der Waals surface area contributed by atoms with Crippen molar-refractivity contribution in [1.82, 2.24) is 10.7 Å². The summed E-state index contributed by atoms with van der Waals surface area (Å²) in [7, 11) is 0. The molecule has 0 spiro atoms. The lowest BCUT2D eigenvalue weighted by Gasteiger charge is -2.10. The average Bonchev–Trinajstić information content (AvgIpc) is 2.26. The van der Waals surface area contributed by atoms with E-state index in [0.717, 1.165) is 19.3 Å². The topological polar surface area (TPSA) is 104 Å². The lowest BCUT2D eigenvalue weighted by atomic mass is 10.2. The molecule has 0 radical (unpaired) electrons. The van der Waals surface area contributed by atoms with Gasteiger partial charge in [0.05, 0.1) is 12.5 Å². The fraction of sp³-hybridized carbons (Fsp3) is 0.800. The lowest BCUT2D eigenvalue weighted by molar-refractivity contribution is -0.125. The van der Waals surface area contributed by atoms with Gasteiger partial charge in [0.1, 0.15) is 0 Å². The number of nitrogens with one attached hydrogen (secondary N) is 2. The molecule has 0 rings (SSSR count). The average molecular weight is 231 g/mol. The van der Waals surface area contributed by atoms with Gasteiger partial charge in [-0.25, -0.2) is 5.84 Å². The predicted octanol–water partition coefficient (Wildman–Crippen LogP) is -0.576. The number of unbranched alkanes of at least 4 members (excludes halogenated alkanes) is 2. The summed E-state index contributed by atoms with van der Waals surface area (Å²) in [5.41, 5.74) is 1.91. The predicted molar refractivity (Wildman–Crippen MR) is 60.1 cm³/mol. The van der Waals surface area contributed by atoms with Crippen molar-refractivity contribution in [3.63, 3.8) is 0 Å². The van der Waals surface area contributed by atoms with Crippen LogP contribution in [0.1, 0.15) is 39.0 Å². The second kappa shape index (κ2) is 9.11. The zero-order valence-corrected chi connectivity index (χ0v) is 9.66. The van der Waals surface area contributed by atoms with E-state index in [9.17, 15) is 14.7 Å². The molecule has 6 heteroatoms. The molecule has 0 aromatic heterocycles.